The van der Waals surface area contributed by atoms with Gasteiger partial charge < -0.3 is 4.42 Å². The third-order valence-corrected chi connectivity index (χ3v) is 29.6. The zero-order valence-electron chi connectivity index (χ0n) is 77.8. The zero-order valence-corrected chi connectivity index (χ0v) is 78.6. The lowest BCUT2D eigenvalue weighted by atomic mass is 9.79. The molecule has 1 aliphatic carbocycles. The van der Waals surface area contributed by atoms with Gasteiger partial charge in [0.1, 0.15) is 11.2 Å². The van der Waals surface area contributed by atoms with Gasteiger partial charge in [-0.3, -0.25) is 0 Å². The van der Waals surface area contributed by atoms with Gasteiger partial charge in [0.15, 0.2) is 52.4 Å². The molecule has 0 unspecified atom stereocenters. The van der Waals surface area contributed by atoms with Crippen LogP contribution in [0.5, 0.6) is 0 Å². The normalized spacial score (nSPS) is 12.2. The van der Waals surface area contributed by atoms with E-state index < -0.39 is 0 Å². The minimum Gasteiger partial charge on any atom is -0.456 e. The van der Waals surface area contributed by atoms with Crippen LogP contribution >= 0.6 is 11.3 Å². The Labute approximate surface area is 827 Å². The largest absolute Gasteiger partial charge is 0.456 e. The minimum absolute atomic E-state index is 0.115. The Morgan fingerprint density at radius 2 is 0.483 bits per heavy atom. The molecule has 5 aromatic heterocycles. The molecule has 0 bridgehead atoms. The molecule has 0 saturated heterocycles. The van der Waals surface area contributed by atoms with E-state index in [-0.39, 0.29) is 5.41 Å². The average Bonchev–Trinajstić information content (AvgIpc) is 1.57. The molecule has 29 rings (SSSR count). The van der Waals surface area contributed by atoms with E-state index in [4.69, 9.17) is 49.3 Å². The first-order valence-corrected chi connectivity index (χ1v) is 49.2. The molecular formula is C132H83N9OS. The SMILES string of the molecule is CC1(C)c2ccccc2-c2ccc3ccc4ccc5cc(-c6nc(-c7ccccc7)nc(-c7ccc(-c8ccccc8)cc7)n6)ccc5c4c3c21.c1ccc(-c2ccc(-c3nc(-c4ccccc4)nc(-c4ccc5c(ccc6ccc7cc8c(cc7c65)oc5ccccc58)c4)n3)cc2)cc1.c1ccc(-c2nc(-c3ccccc3)nc(-c3ccc4c(ccc5ccc6ccc7c8ccccc8sc7c6c54)c3)n2)cc1. The van der Waals surface area contributed by atoms with Gasteiger partial charge in [-0.15, -0.1) is 11.3 Å². The molecule has 0 spiro atoms. The monoisotopic (exact) mass is 1840 g/mol. The fourth-order valence-corrected chi connectivity index (χ4v) is 22.7. The predicted molar refractivity (Wildman–Crippen MR) is 595 cm³/mol. The highest BCUT2D eigenvalue weighted by Gasteiger charge is 2.38. The van der Waals surface area contributed by atoms with E-state index in [1.165, 1.54) is 140 Å². The molecule has 0 aliphatic heterocycles. The second-order valence-corrected chi connectivity index (χ2v) is 38.4. The van der Waals surface area contributed by atoms with E-state index >= 15 is 0 Å². The molecular weight excluding hydrogens is 1760 g/mol. The molecule has 143 heavy (non-hydrogen) atoms. The summed E-state index contributed by atoms with van der Waals surface area (Å²) in [5, 5.41) is 27.1. The van der Waals surface area contributed by atoms with Crippen LogP contribution in [0.25, 0.3) is 275 Å². The maximum atomic E-state index is 6.30. The fraction of sp³-hybridized carbons (Fsp3) is 0.0227. The van der Waals surface area contributed by atoms with E-state index in [0.29, 0.717) is 52.4 Å². The lowest BCUT2D eigenvalue weighted by Gasteiger charge is -2.24. The van der Waals surface area contributed by atoms with Gasteiger partial charge in [0, 0.05) is 91.8 Å². The molecule has 28 aromatic rings. The Bertz CT molecular complexity index is 9920. The second-order valence-electron chi connectivity index (χ2n) is 37.3. The van der Waals surface area contributed by atoms with Crippen LogP contribution < -0.4 is 0 Å². The summed E-state index contributed by atoms with van der Waals surface area (Å²) in [7, 11) is 0. The summed E-state index contributed by atoms with van der Waals surface area (Å²) in [6.07, 6.45) is 0. The van der Waals surface area contributed by atoms with Crippen LogP contribution in [-0.2, 0) is 5.41 Å². The van der Waals surface area contributed by atoms with E-state index in [9.17, 15) is 0 Å². The van der Waals surface area contributed by atoms with Crippen LogP contribution in [-0.4, -0.2) is 44.9 Å². The van der Waals surface area contributed by atoms with Gasteiger partial charge in [0.2, 0.25) is 0 Å². The van der Waals surface area contributed by atoms with Gasteiger partial charge in [0.05, 0.1) is 0 Å². The standard InChI is InChI=1S/C48H33N3.C45H27N3O.C39H23N3S/c1-48(2)41-16-10-9-15-39(41)40-28-25-33-20-19-32-21-24-36-29-37(26-27-38(36)42(32)43(33)44(40)48)47-50-45(34-13-7-4-8-14-34)49-46(51-47)35-22-17-31(18-23-35)30-11-5-3-6-12-30;1-3-9-28(10-4-1)29-15-19-32(20-16-29)44-46-43(31-11-5-2-6-12-31)47-45(48-44)35-23-24-36-33(25-35)21-17-30-18-22-34-26-39-37-13-7-8-14-40(37)49-41(39)27-38(34)42(30)36;1-3-9-26(10-4-1)37-40-38(27-11-5-2-6-12-27)42-39(41-37)29-20-21-30-28(23-29)18-17-24-15-16-25-19-22-32-31-13-7-8-14-33(31)43-36(32)35(25)34(24)30/h3-29H,1-2H3;1-27H;1-23H. The molecule has 1 aliphatic rings. The van der Waals surface area contributed by atoms with Crippen LogP contribution in [0.15, 0.2) is 472 Å². The van der Waals surface area contributed by atoms with E-state index in [1.807, 2.05) is 145 Å². The maximum Gasteiger partial charge on any atom is 0.164 e. The van der Waals surface area contributed by atoms with Crippen LogP contribution in [0.4, 0.5) is 0 Å². The average molecular weight is 1840 g/mol. The zero-order chi connectivity index (χ0) is 94.7. The minimum atomic E-state index is -0.115. The number of rotatable bonds is 11. The van der Waals surface area contributed by atoms with Crippen molar-refractivity contribution in [1.82, 2.24) is 44.9 Å². The molecule has 0 N–H and O–H groups in total. The first-order chi connectivity index (χ1) is 70.6. The predicted octanol–water partition coefficient (Wildman–Crippen LogP) is 34.9. The third-order valence-electron chi connectivity index (χ3n) is 28.4. The van der Waals surface area contributed by atoms with Crippen molar-refractivity contribution in [2.75, 3.05) is 0 Å². The molecule has 0 radical (unpaired) electrons. The highest BCUT2D eigenvalue weighted by molar-refractivity contribution is 7.26. The van der Waals surface area contributed by atoms with Crippen molar-refractivity contribution < 1.29 is 4.42 Å². The van der Waals surface area contributed by atoms with Crippen molar-refractivity contribution in [3.8, 4) is 136 Å². The molecule has 23 aromatic carbocycles. The topological polar surface area (TPSA) is 129 Å². The van der Waals surface area contributed by atoms with Gasteiger partial charge in [0.25, 0.3) is 0 Å². The molecule has 11 heteroatoms. The molecule has 0 saturated carbocycles. The smallest absolute Gasteiger partial charge is 0.164 e. The lowest BCUT2D eigenvalue weighted by molar-refractivity contribution is 0.666. The number of furan rings is 1. The van der Waals surface area contributed by atoms with Gasteiger partial charge in [-0.25, -0.2) is 44.9 Å². The van der Waals surface area contributed by atoms with Crippen molar-refractivity contribution in [2.24, 2.45) is 0 Å². The summed E-state index contributed by atoms with van der Waals surface area (Å²) in [6, 6.07) is 164. The highest BCUT2D eigenvalue weighted by atomic mass is 32.1. The molecule has 0 atom stereocenters. The van der Waals surface area contributed by atoms with E-state index in [1.54, 1.807) is 0 Å². The number of para-hydroxylation sites is 1. The summed E-state index contributed by atoms with van der Waals surface area (Å²) in [6.45, 7) is 4.74. The van der Waals surface area contributed by atoms with Crippen molar-refractivity contribution in [3.05, 3.63) is 478 Å². The summed E-state index contributed by atoms with van der Waals surface area (Å²) in [5.41, 5.74) is 20.4. The highest BCUT2D eigenvalue weighted by Crippen LogP contribution is 2.54. The number of benzene rings is 23. The Morgan fingerprint density at radius 1 is 0.182 bits per heavy atom. The summed E-state index contributed by atoms with van der Waals surface area (Å²) >= 11 is 1.89. The molecule has 5 heterocycles. The van der Waals surface area contributed by atoms with Crippen LogP contribution in [0.1, 0.15) is 25.0 Å². The van der Waals surface area contributed by atoms with Crippen molar-refractivity contribution in [3.63, 3.8) is 0 Å². The Hall–Kier alpha value is -18.6. The molecule has 668 valence electrons. The third kappa shape index (κ3) is 14.9. The Balaban J connectivity index is 0.000000107. The number of hydrogen-bond acceptors (Lipinski definition) is 11. The van der Waals surface area contributed by atoms with Crippen LogP contribution in [0, 0.1) is 0 Å². The summed E-state index contributed by atoms with van der Waals surface area (Å²) < 4.78 is 8.97. The van der Waals surface area contributed by atoms with Crippen LogP contribution in [0.2, 0.25) is 0 Å². The second kappa shape index (κ2) is 34.6. The van der Waals surface area contributed by atoms with Crippen LogP contribution in [0.3, 0.4) is 0 Å². The van der Waals surface area contributed by atoms with Crippen molar-refractivity contribution in [1.29, 1.82) is 0 Å². The van der Waals surface area contributed by atoms with E-state index in [0.717, 1.165) is 93.9 Å². The number of fused-ring (bicyclic) bond motifs is 26. The number of hydrogen-bond donors (Lipinski definition) is 0. The maximum absolute atomic E-state index is 6.30. The first-order valence-electron chi connectivity index (χ1n) is 48.3. The number of thiophene rings is 1. The summed E-state index contributed by atoms with van der Waals surface area (Å²) in [4.78, 5) is 44.9. The lowest BCUT2D eigenvalue weighted by Crippen LogP contribution is -2.15. The van der Waals surface area contributed by atoms with Crippen molar-refractivity contribution in [2.45, 2.75) is 19.3 Å². The first kappa shape index (κ1) is 83.8. The summed E-state index contributed by atoms with van der Waals surface area (Å²) in [5.74, 6) is 5.89. The Kier molecular flexibility index (Phi) is 20.2. The number of aromatic nitrogens is 9. The molecule has 0 fully saturated rings. The van der Waals surface area contributed by atoms with Gasteiger partial charge in [-0.2, -0.15) is 0 Å². The van der Waals surface area contributed by atoms with Gasteiger partial charge in [-0.1, -0.05) is 438 Å². The quantitative estimate of drug-likeness (QED) is 0.115. The van der Waals surface area contributed by atoms with Gasteiger partial charge >= 0.3 is 0 Å². The molecule has 10 nitrogen and oxygen atoms in total. The number of nitrogens with zero attached hydrogens (tertiary/aromatic N) is 9. The van der Waals surface area contributed by atoms with Crippen molar-refractivity contribution >= 4 is 150 Å². The van der Waals surface area contributed by atoms with Gasteiger partial charge in [-0.05, 0) is 179 Å². The fourth-order valence-electron chi connectivity index (χ4n) is 21.4. The molecule has 0 amide bonds. The van der Waals surface area contributed by atoms with E-state index in [2.05, 4.69) is 347 Å². The Morgan fingerprint density at radius 3 is 0.937 bits per heavy atom.